The van der Waals surface area contributed by atoms with Gasteiger partial charge in [0.05, 0.1) is 11.6 Å². The van der Waals surface area contributed by atoms with Crippen LogP contribution in [0, 0.1) is 11.3 Å². The zero-order valence-corrected chi connectivity index (χ0v) is 8.29. The molecular weight excluding hydrogens is 191 g/mol. The summed E-state index contributed by atoms with van der Waals surface area (Å²) in [5, 5.41) is 8.71. The molecule has 0 atom stereocenters. The second-order valence-electron chi connectivity index (χ2n) is 3.43. The molecule has 0 saturated heterocycles. The van der Waals surface area contributed by atoms with Crippen LogP contribution in [0.15, 0.2) is 52.0 Å². The van der Waals surface area contributed by atoms with E-state index in [-0.39, 0.29) is 0 Å². The van der Waals surface area contributed by atoms with Gasteiger partial charge in [-0.1, -0.05) is 12.2 Å². The molecular formula is C12H9FN2. The fourth-order valence-electron chi connectivity index (χ4n) is 1.51. The molecule has 0 aromatic rings. The summed E-state index contributed by atoms with van der Waals surface area (Å²) in [7, 11) is 0. The van der Waals surface area contributed by atoms with E-state index in [1.807, 2.05) is 19.1 Å². The van der Waals surface area contributed by atoms with E-state index in [0.717, 1.165) is 11.3 Å². The Morgan fingerprint density at radius 3 is 3.00 bits per heavy atom. The van der Waals surface area contributed by atoms with Crippen molar-refractivity contribution in [1.29, 1.82) is 5.26 Å². The molecule has 0 unspecified atom stereocenters. The van der Waals surface area contributed by atoms with Gasteiger partial charge in [0.1, 0.15) is 11.5 Å². The first-order valence-corrected chi connectivity index (χ1v) is 4.65. The van der Waals surface area contributed by atoms with Crippen LogP contribution in [0.4, 0.5) is 4.39 Å². The Hall–Kier alpha value is -1.95. The third-order valence-electron chi connectivity index (χ3n) is 2.31. The van der Waals surface area contributed by atoms with Crippen molar-refractivity contribution < 1.29 is 4.39 Å². The number of allylic oxidation sites excluding steroid dienone is 8. The summed E-state index contributed by atoms with van der Waals surface area (Å²) in [5.41, 5.74) is 2.30. The lowest BCUT2D eigenvalue weighted by molar-refractivity contribution is 0.679. The Labute approximate surface area is 87.4 Å². The van der Waals surface area contributed by atoms with Crippen molar-refractivity contribution in [2.75, 3.05) is 0 Å². The minimum Gasteiger partial charge on any atom is -0.251 e. The first-order chi connectivity index (χ1) is 7.20. The number of hydrogen-bond donors (Lipinski definition) is 0. The smallest absolute Gasteiger partial charge is 0.150 e. The molecule has 3 heteroatoms. The van der Waals surface area contributed by atoms with Crippen molar-refractivity contribution in [3.05, 3.63) is 47.0 Å². The minimum absolute atomic E-state index is 0.315. The van der Waals surface area contributed by atoms with E-state index < -0.39 is 5.83 Å². The highest BCUT2D eigenvalue weighted by atomic mass is 19.1. The Morgan fingerprint density at radius 2 is 2.27 bits per heavy atom. The molecule has 1 heterocycles. The molecule has 2 rings (SSSR count). The van der Waals surface area contributed by atoms with Gasteiger partial charge in [0.25, 0.3) is 0 Å². The zero-order chi connectivity index (χ0) is 10.8. The van der Waals surface area contributed by atoms with Crippen LogP contribution in [0.5, 0.6) is 0 Å². The highest BCUT2D eigenvalue weighted by molar-refractivity contribution is 6.13. The van der Waals surface area contributed by atoms with Gasteiger partial charge in [-0.15, -0.1) is 0 Å². The molecule has 15 heavy (non-hydrogen) atoms. The lowest BCUT2D eigenvalue weighted by Gasteiger charge is -2.11. The van der Waals surface area contributed by atoms with Crippen molar-refractivity contribution in [2.24, 2.45) is 4.99 Å². The monoisotopic (exact) mass is 200 g/mol. The van der Waals surface area contributed by atoms with Crippen LogP contribution in [0.2, 0.25) is 0 Å². The molecule has 2 nitrogen and oxygen atoms in total. The molecule has 0 amide bonds. The molecule has 0 fully saturated rings. The number of rotatable bonds is 0. The van der Waals surface area contributed by atoms with Gasteiger partial charge in [0.15, 0.2) is 0 Å². The summed E-state index contributed by atoms with van der Waals surface area (Å²) in [6.07, 6.45) is 7.20. The predicted octanol–water partition coefficient (Wildman–Crippen LogP) is 2.98. The highest BCUT2D eigenvalue weighted by Gasteiger charge is 2.17. The molecule has 0 radical (unpaired) electrons. The zero-order valence-electron chi connectivity index (χ0n) is 8.29. The van der Waals surface area contributed by atoms with Gasteiger partial charge >= 0.3 is 0 Å². The highest BCUT2D eigenvalue weighted by Crippen LogP contribution is 2.24. The van der Waals surface area contributed by atoms with Crippen LogP contribution in [-0.4, -0.2) is 5.71 Å². The van der Waals surface area contributed by atoms with E-state index >= 15 is 0 Å². The topological polar surface area (TPSA) is 36.1 Å². The Kier molecular flexibility index (Phi) is 2.34. The molecule has 2 aliphatic rings. The lowest BCUT2D eigenvalue weighted by atomic mass is 10.0. The van der Waals surface area contributed by atoms with Crippen LogP contribution in [0.1, 0.15) is 13.3 Å². The van der Waals surface area contributed by atoms with Crippen LogP contribution < -0.4 is 0 Å². The van der Waals surface area contributed by atoms with E-state index in [0.29, 0.717) is 17.7 Å². The fraction of sp³-hybridized carbons (Fsp3) is 0.167. The molecule has 0 bridgehead atoms. The second kappa shape index (κ2) is 3.66. The number of aliphatic imine (C=N–C) groups is 1. The maximum atomic E-state index is 13.7. The van der Waals surface area contributed by atoms with Crippen molar-refractivity contribution in [1.82, 2.24) is 0 Å². The summed E-state index contributed by atoms with van der Waals surface area (Å²) >= 11 is 0. The quantitative estimate of drug-likeness (QED) is 0.592. The predicted molar refractivity (Wildman–Crippen MR) is 56.8 cm³/mol. The average Bonchev–Trinajstić information content (AvgIpc) is 2.39. The Morgan fingerprint density at radius 1 is 1.47 bits per heavy atom. The first-order valence-electron chi connectivity index (χ1n) is 4.65. The lowest BCUT2D eigenvalue weighted by Crippen LogP contribution is -2.06. The summed E-state index contributed by atoms with van der Waals surface area (Å²) in [6.45, 7) is 1.83. The van der Waals surface area contributed by atoms with Crippen molar-refractivity contribution in [3.63, 3.8) is 0 Å². The number of fused-ring (bicyclic) bond motifs is 1. The van der Waals surface area contributed by atoms with Crippen LogP contribution in [-0.2, 0) is 0 Å². The molecule has 1 aliphatic heterocycles. The Bertz CT molecular complexity index is 496. The van der Waals surface area contributed by atoms with Gasteiger partial charge < -0.3 is 0 Å². The van der Waals surface area contributed by atoms with E-state index in [9.17, 15) is 4.39 Å². The molecule has 0 saturated carbocycles. The summed E-state index contributed by atoms with van der Waals surface area (Å²) in [4.78, 5) is 4.14. The van der Waals surface area contributed by atoms with Crippen LogP contribution >= 0.6 is 0 Å². The molecule has 0 N–H and O–H groups in total. The maximum Gasteiger partial charge on any atom is 0.150 e. The van der Waals surface area contributed by atoms with E-state index in [1.165, 1.54) is 6.08 Å². The summed E-state index contributed by atoms with van der Waals surface area (Å²) in [5.74, 6) is -0.431. The van der Waals surface area contributed by atoms with Crippen LogP contribution in [0.3, 0.4) is 0 Å². The average molecular weight is 200 g/mol. The summed E-state index contributed by atoms with van der Waals surface area (Å²) in [6, 6.07) is 1.92. The number of nitrogens with zero attached hydrogens (tertiary/aromatic N) is 2. The maximum absolute atomic E-state index is 13.7. The van der Waals surface area contributed by atoms with Crippen molar-refractivity contribution in [3.8, 4) is 6.07 Å². The Balaban J connectivity index is 2.52. The SMILES string of the molecule is CC1=CCC2=CC=C(C#N)C=C(F)C2=N1. The van der Waals surface area contributed by atoms with Gasteiger partial charge in [-0.05, 0) is 31.1 Å². The number of nitriles is 1. The van der Waals surface area contributed by atoms with E-state index in [1.54, 1.807) is 12.2 Å². The minimum atomic E-state index is -0.431. The third-order valence-corrected chi connectivity index (χ3v) is 2.31. The van der Waals surface area contributed by atoms with E-state index in [2.05, 4.69) is 4.99 Å². The van der Waals surface area contributed by atoms with Gasteiger partial charge in [-0.25, -0.2) is 4.39 Å². The normalized spacial score (nSPS) is 19.7. The van der Waals surface area contributed by atoms with Gasteiger partial charge in [0, 0.05) is 5.70 Å². The molecule has 1 aliphatic carbocycles. The largest absolute Gasteiger partial charge is 0.251 e. The van der Waals surface area contributed by atoms with E-state index in [4.69, 9.17) is 5.26 Å². The van der Waals surface area contributed by atoms with Gasteiger partial charge in [-0.3, -0.25) is 4.99 Å². The van der Waals surface area contributed by atoms with Crippen molar-refractivity contribution in [2.45, 2.75) is 13.3 Å². The fourth-order valence-corrected chi connectivity index (χ4v) is 1.51. The van der Waals surface area contributed by atoms with Gasteiger partial charge in [-0.2, -0.15) is 5.26 Å². The standard InChI is InChI=1S/C12H9FN2/c1-8-2-4-10-5-3-9(7-14)6-11(13)12(10)15-8/h2-3,5-6H,4H2,1H3. The molecule has 0 aromatic carbocycles. The third kappa shape index (κ3) is 1.79. The second-order valence-corrected chi connectivity index (χ2v) is 3.43. The van der Waals surface area contributed by atoms with Gasteiger partial charge in [0.2, 0.25) is 0 Å². The summed E-state index contributed by atoms with van der Waals surface area (Å²) < 4.78 is 13.7. The molecule has 0 spiro atoms. The first kappa shape index (κ1) is 9.60. The number of halogens is 1. The molecule has 0 aromatic heterocycles. The van der Waals surface area contributed by atoms with Crippen molar-refractivity contribution >= 4 is 5.71 Å². The molecule has 74 valence electrons. The van der Waals surface area contributed by atoms with Crippen LogP contribution in [0.25, 0.3) is 0 Å². The number of hydrogen-bond acceptors (Lipinski definition) is 2.